The molecule has 2 atom stereocenters. The summed E-state index contributed by atoms with van der Waals surface area (Å²) in [4.78, 5) is 26.0. The number of esters is 1. The van der Waals surface area contributed by atoms with Crippen molar-refractivity contribution in [1.82, 2.24) is 9.73 Å². The molecule has 2 heterocycles. The maximum Gasteiger partial charge on any atom is 0.324 e. The molecular weight excluding hydrogens is 518 g/mol. The first kappa shape index (κ1) is 26.6. The highest BCUT2D eigenvalue weighted by atomic mass is 35.5. The number of nitrogens with one attached hydrogen (secondary N) is 1. The molecule has 0 fully saturated rings. The van der Waals surface area contributed by atoms with Gasteiger partial charge in [0.15, 0.2) is 6.61 Å². The third-order valence-corrected chi connectivity index (χ3v) is 7.52. The molecule has 0 saturated carbocycles. The number of hydrogen-bond acceptors (Lipinski definition) is 7. The number of halogens is 1. The molecule has 37 heavy (non-hydrogen) atoms. The number of sulfonamides is 1. The number of carbonyl (C=O) groups is 2. The van der Waals surface area contributed by atoms with Gasteiger partial charge in [0.1, 0.15) is 17.8 Å². The van der Waals surface area contributed by atoms with E-state index in [1.165, 1.54) is 23.4 Å². The number of carbonyl (C=O) groups excluding carboxylic acids is 2. The molecule has 0 aliphatic carbocycles. The minimum Gasteiger partial charge on any atom is -0.467 e. The Morgan fingerprint density at radius 1 is 1.11 bits per heavy atom. The van der Waals surface area contributed by atoms with Crippen molar-refractivity contribution in [3.8, 4) is 0 Å². The van der Waals surface area contributed by atoms with E-state index in [0.29, 0.717) is 22.9 Å². The highest BCUT2D eigenvalue weighted by Crippen LogP contribution is 2.33. The summed E-state index contributed by atoms with van der Waals surface area (Å²) >= 11 is 5.99. The van der Waals surface area contributed by atoms with E-state index in [9.17, 15) is 18.0 Å². The van der Waals surface area contributed by atoms with Gasteiger partial charge in [-0.1, -0.05) is 55.8 Å². The second-order valence-electron chi connectivity index (χ2n) is 8.79. The van der Waals surface area contributed by atoms with Crippen molar-refractivity contribution in [3.63, 3.8) is 0 Å². The summed E-state index contributed by atoms with van der Waals surface area (Å²) in [5, 5.41) is 6.28. The van der Waals surface area contributed by atoms with E-state index >= 15 is 0 Å². The van der Waals surface area contributed by atoms with Crippen molar-refractivity contribution in [2.45, 2.75) is 37.2 Å². The fraction of sp³-hybridized carbons (Fsp3) is 0.269. The number of hydrazone groups is 1. The van der Waals surface area contributed by atoms with Crippen LogP contribution in [0.4, 0.5) is 0 Å². The van der Waals surface area contributed by atoms with Crippen molar-refractivity contribution >= 4 is 39.2 Å². The Hall–Kier alpha value is -3.47. The van der Waals surface area contributed by atoms with E-state index in [1.54, 1.807) is 68.4 Å². The zero-order chi connectivity index (χ0) is 26.6. The van der Waals surface area contributed by atoms with Crippen molar-refractivity contribution in [3.05, 3.63) is 89.3 Å². The largest absolute Gasteiger partial charge is 0.467 e. The van der Waals surface area contributed by atoms with Crippen LogP contribution in [0.3, 0.4) is 0 Å². The van der Waals surface area contributed by atoms with Crippen molar-refractivity contribution in [2.75, 3.05) is 6.61 Å². The van der Waals surface area contributed by atoms with Gasteiger partial charge in [0.2, 0.25) is 10.0 Å². The number of nitrogens with zero attached hydrogens (tertiary/aromatic N) is 2. The van der Waals surface area contributed by atoms with E-state index in [4.69, 9.17) is 20.8 Å². The number of ether oxygens (including phenoxy) is 1. The van der Waals surface area contributed by atoms with Gasteiger partial charge in [0, 0.05) is 11.4 Å². The molecule has 9 nitrogen and oxygen atoms in total. The normalized spacial score (nSPS) is 16.5. The SMILES string of the molecule is CC(C)[C@H](NS(=O)(=O)c1ccccc1)C(=O)OCC(=O)N1N=C(c2ccc(Cl)cc2)C[C@@H]1c1ccco1. The molecule has 0 radical (unpaired) electrons. The van der Waals surface area contributed by atoms with Crippen LogP contribution in [-0.2, 0) is 24.3 Å². The Morgan fingerprint density at radius 3 is 2.43 bits per heavy atom. The summed E-state index contributed by atoms with van der Waals surface area (Å²) in [5.74, 6) is -1.34. The summed E-state index contributed by atoms with van der Waals surface area (Å²) in [5.41, 5.74) is 1.44. The number of benzene rings is 2. The van der Waals surface area contributed by atoms with Crippen LogP contribution in [-0.4, -0.2) is 43.7 Å². The van der Waals surface area contributed by atoms with Crippen LogP contribution in [0, 0.1) is 5.92 Å². The molecule has 1 N–H and O–H groups in total. The first-order chi connectivity index (χ1) is 17.7. The van der Waals surface area contributed by atoms with E-state index < -0.39 is 46.5 Å². The van der Waals surface area contributed by atoms with Gasteiger partial charge < -0.3 is 9.15 Å². The first-order valence-electron chi connectivity index (χ1n) is 11.6. The Bertz CT molecular complexity index is 1370. The fourth-order valence-corrected chi connectivity index (χ4v) is 5.32. The van der Waals surface area contributed by atoms with Gasteiger partial charge in [-0.2, -0.15) is 9.82 Å². The molecule has 1 amide bonds. The molecule has 0 spiro atoms. The smallest absolute Gasteiger partial charge is 0.324 e. The summed E-state index contributed by atoms with van der Waals surface area (Å²) in [6.45, 7) is 2.73. The number of amides is 1. The molecule has 11 heteroatoms. The maximum absolute atomic E-state index is 13.1. The second-order valence-corrected chi connectivity index (χ2v) is 10.9. The van der Waals surface area contributed by atoms with Crippen molar-refractivity contribution in [1.29, 1.82) is 0 Å². The van der Waals surface area contributed by atoms with Crippen LogP contribution in [0.15, 0.2) is 87.4 Å². The molecule has 1 aromatic heterocycles. The minimum atomic E-state index is -3.97. The average Bonchev–Trinajstić information content (AvgIpc) is 3.57. The highest BCUT2D eigenvalue weighted by Gasteiger charge is 2.36. The van der Waals surface area contributed by atoms with Gasteiger partial charge in [-0.3, -0.25) is 9.59 Å². The van der Waals surface area contributed by atoms with Crippen LogP contribution in [0.2, 0.25) is 5.02 Å². The van der Waals surface area contributed by atoms with E-state index in [1.807, 2.05) is 0 Å². The fourth-order valence-electron chi connectivity index (χ4n) is 3.84. The molecule has 4 rings (SSSR count). The quantitative estimate of drug-likeness (QED) is 0.405. The molecule has 0 bridgehead atoms. The molecule has 194 valence electrons. The number of rotatable bonds is 9. The summed E-state index contributed by atoms with van der Waals surface area (Å²) in [7, 11) is -3.97. The predicted octanol–water partition coefficient (Wildman–Crippen LogP) is 4.16. The average molecular weight is 544 g/mol. The first-order valence-corrected chi connectivity index (χ1v) is 13.4. The lowest BCUT2D eigenvalue weighted by atomic mass is 10.0. The standard InChI is InChI=1S/C26H26ClN3O6S/c1-17(2)25(29-37(33,34)20-7-4-3-5-8-20)26(32)36-16-24(31)30-22(23-9-6-14-35-23)15-21(28-30)18-10-12-19(27)13-11-18/h3-14,17,22,25,29H,15-16H2,1-2H3/t22-,25+/m1/s1. The number of furan rings is 1. The topological polar surface area (TPSA) is 118 Å². The third-order valence-electron chi connectivity index (χ3n) is 5.81. The molecule has 1 aliphatic rings. The zero-order valence-electron chi connectivity index (χ0n) is 20.2. The zero-order valence-corrected chi connectivity index (χ0v) is 21.8. The van der Waals surface area contributed by atoms with E-state index in [2.05, 4.69) is 9.82 Å². The van der Waals surface area contributed by atoms with Crippen LogP contribution >= 0.6 is 11.6 Å². The maximum atomic E-state index is 13.1. The summed E-state index contributed by atoms with van der Waals surface area (Å²) in [6, 6.07) is 16.5. The molecule has 0 unspecified atom stereocenters. The van der Waals surface area contributed by atoms with Gasteiger partial charge in [0.25, 0.3) is 5.91 Å². The summed E-state index contributed by atoms with van der Waals surface area (Å²) in [6.07, 6.45) is 1.89. The van der Waals surface area contributed by atoms with Gasteiger partial charge in [-0.05, 0) is 47.9 Å². The van der Waals surface area contributed by atoms with E-state index in [-0.39, 0.29) is 4.90 Å². The van der Waals surface area contributed by atoms with Crippen molar-refractivity contribution in [2.24, 2.45) is 11.0 Å². The molecule has 3 aromatic rings. The lowest BCUT2D eigenvalue weighted by Crippen LogP contribution is -2.46. The van der Waals surface area contributed by atoms with Gasteiger partial charge >= 0.3 is 5.97 Å². The minimum absolute atomic E-state index is 0.0203. The van der Waals surface area contributed by atoms with Crippen LogP contribution < -0.4 is 4.72 Å². The van der Waals surface area contributed by atoms with Crippen LogP contribution in [0.1, 0.15) is 37.6 Å². The highest BCUT2D eigenvalue weighted by molar-refractivity contribution is 7.89. The molecule has 0 saturated heterocycles. The molecule has 1 aliphatic heterocycles. The lowest BCUT2D eigenvalue weighted by molar-refractivity contribution is -0.155. The predicted molar refractivity (Wildman–Crippen MR) is 137 cm³/mol. The van der Waals surface area contributed by atoms with Crippen LogP contribution in [0.25, 0.3) is 0 Å². The van der Waals surface area contributed by atoms with Gasteiger partial charge in [-0.15, -0.1) is 0 Å². The Kier molecular flexibility index (Phi) is 8.11. The van der Waals surface area contributed by atoms with Crippen LogP contribution in [0.5, 0.6) is 0 Å². The van der Waals surface area contributed by atoms with E-state index in [0.717, 1.165) is 5.56 Å². The Morgan fingerprint density at radius 2 is 1.81 bits per heavy atom. The molecular formula is C26H26ClN3O6S. The monoisotopic (exact) mass is 543 g/mol. The van der Waals surface area contributed by atoms with Crippen molar-refractivity contribution < 1.29 is 27.2 Å². The Balaban J connectivity index is 1.47. The number of hydrogen-bond donors (Lipinski definition) is 1. The summed E-state index contributed by atoms with van der Waals surface area (Å²) < 4.78 is 38.6. The van der Waals surface area contributed by atoms with Gasteiger partial charge in [0.05, 0.1) is 16.9 Å². The third kappa shape index (κ3) is 6.27. The second kappa shape index (κ2) is 11.3. The Labute approximate surface area is 220 Å². The molecule has 2 aromatic carbocycles. The van der Waals surface area contributed by atoms with Gasteiger partial charge in [-0.25, -0.2) is 13.4 Å². The lowest BCUT2D eigenvalue weighted by Gasteiger charge is -2.22.